The van der Waals surface area contributed by atoms with E-state index in [1.807, 2.05) is 32.0 Å². The average molecular weight is 395 g/mol. The Hall–Kier alpha value is -3.48. The Bertz CT molecular complexity index is 998. The molecule has 0 fully saturated rings. The molecule has 29 heavy (non-hydrogen) atoms. The first-order valence-electron chi connectivity index (χ1n) is 9.23. The number of ether oxygens (including phenoxy) is 2. The molecule has 152 valence electrons. The zero-order valence-corrected chi connectivity index (χ0v) is 17.2. The molecule has 2 aromatic carbocycles. The number of nitrogens with one attached hydrogen (secondary N) is 3. The van der Waals surface area contributed by atoms with Crippen molar-refractivity contribution < 1.29 is 19.1 Å². The highest BCUT2D eigenvalue weighted by atomic mass is 16.5. The summed E-state index contributed by atoms with van der Waals surface area (Å²) in [6.45, 7) is 5.72. The lowest BCUT2D eigenvalue weighted by Crippen LogP contribution is -2.46. The van der Waals surface area contributed by atoms with Gasteiger partial charge < -0.3 is 25.4 Å². The maximum atomic E-state index is 13.1. The second kappa shape index (κ2) is 8.26. The Balaban J connectivity index is 1.97. The third-order valence-corrected chi connectivity index (χ3v) is 5.02. The van der Waals surface area contributed by atoms with Crippen molar-refractivity contribution in [1.29, 1.82) is 0 Å². The second-order valence-corrected chi connectivity index (χ2v) is 6.94. The molecule has 0 bridgehead atoms. The highest BCUT2D eigenvalue weighted by Crippen LogP contribution is 2.34. The zero-order valence-electron chi connectivity index (χ0n) is 17.2. The van der Waals surface area contributed by atoms with Gasteiger partial charge in [-0.2, -0.15) is 0 Å². The number of allylic oxidation sites excluding steroid dienone is 1. The van der Waals surface area contributed by atoms with Crippen LogP contribution in [0.2, 0.25) is 0 Å². The lowest BCUT2D eigenvalue weighted by Gasteiger charge is -2.29. The van der Waals surface area contributed by atoms with Crippen LogP contribution >= 0.6 is 0 Å². The van der Waals surface area contributed by atoms with Gasteiger partial charge in [0.2, 0.25) is 0 Å². The third kappa shape index (κ3) is 4.18. The first-order valence-corrected chi connectivity index (χ1v) is 9.23. The molecule has 0 radical (unpaired) electrons. The van der Waals surface area contributed by atoms with Gasteiger partial charge in [-0.15, -0.1) is 0 Å². The van der Waals surface area contributed by atoms with E-state index in [4.69, 9.17) is 9.47 Å². The maximum absolute atomic E-state index is 13.1. The highest BCUT2D eigenvalue weighted by molar-refractivity contribution is 6.06. The Morgan fingerprint density at radius 3 is 2.34 bits per heavy atom. The molecule has 1 aliphatic rings. The number of carbonyl (C=O) groups excluding carboxylic acids is 2. The van der Waals surface area contributed by atoms with Gasteiger partial charge in [0.15, 0.2) is 11.5 Å². The summed E-state index contributed by atoms with van der Waals surface area (Å²) < 4.78 is 10.6. The normalized spacial score (nSPS) is 16.0. The number of urea groups is 1. The SMILES string of the molecule is COc1ccc(C2NC(=O)NC(C)=C2C(=O)Nc2ccc(C)c(C)c2)cc1OC. The summed E-state index contributed by atoms with van der Waals surface area (Å²) in [5, 5.41) is 8.44. The summed E-state index contributed by atoms with van der Waals surface area (Å²) >= 11 is 0. The fourth-order valence-electron chi connectivity index (χ4n) is 3.29. The van der Waals surface area contributed by atoms with Crippen LogP contribution in [0.5, 0.6) is 11.5 Å². The molecule has 1 aliphatic heterocycles. The topological polar surface area (TPSA) is 88.7 Å². The van der Waals surface area contributed by atoms with Crippen molar-refractivity contribution >= 4 is 17.6 Å². The maximum Gasteiger partial charge on any atom is 0.319 e. The van der Waals surface area contributed by atoms with E-state index in [9.17, 15) is 9.59 Å². The highest BCUT2D eigenvalue weighted by Gasteiger charge is 2.31. The predicted octanol–water partition coefficient (Wildman–Crippen LogP) is 3.59. The van der Waals surface area contributed by atoms with E-state index in [0.717, 1.165) is 11.1 Å². The van der Waals surface area contributed by atoms with Gasteiger partial charge >= 0.3 is 6.03 Å². The van der Waals surface area contributed by atoms with Crippen molar-refractivity contribution in [2.24, 2.45) is 0 Å². The van der Waals surface area contributed by atoms with Crippen molar-refractivity contribution in [3.05, 3.63) is 64.4 Å². The number of rotatable bonds is 5. The van der Waals surface area contributed by atoms with Crippen LogP contribution in [0.3, 0.4) is 0 Å². The van der Waals surface area contributed by atoms with Crippen LogP contribution < -0.4 is 25.4 Å². The third-order valence-electron chi connectivity index (χ3n) is 5.02. The predicted molar refractivity (Wildman–Crippen MR) is 111 cm³/mol. The summed E-state index contributed by atoms with van der Waals surface area (Å²) in [6, 6.07) is 10.0. The minimum absolute atomic E-state index is 0.293. The van der Waals surface area contributed by atoms with Crippen LogP contribution in [0.15, 0.2) is 47.7 Å². The van der Waals surface area contributed by atoms with E-state index in [-0.39, 0.29) is 11.9 Å². The molecule has 0 aliphatic carbocycles. The lowest BCUT2D eigenvalue weighted by molar-refractivity contribution is -0.113. The average Bonchev–Trinajstić information content (AvgIpc) is 2.69. The van der Waals surface area contributed by atoms with Gasteiger partial charge in [0.1, 0.15) is 0 Å². The molecule has 1 heterocycles. The summed E-state index contributed by atoms with van der Waals surface area (Å²) in [5.41, 5.74) is 4.56. The van der Waals surface area contributed by atoms with Gasteiger partial charge in [0.25, 0.3) is 5.91 Å². The van der Waals surface area contributed by atoms with Gasteiger partial charge in [0, 0.05) is 11.4 Å². The Morgan fingerprint density at radius 2 is 1.69 bits per heavy atom. The van der Waals surface area contributed by atoms with Gasteiger partial charge in [-0.1, -0.05) is 12.1 Å². The Kier molecular flexibility index (Phi) is 5.77. The van der Waals surface area contributed by atoms with E-state index in [1.54, 1.807) is 32.2 Å². The number of aryl methyl sites for hydroxylation is 2. The molecule has 0 spiro atoms. The summed E-state index contributed by atoms with van der Waals surface area (Å²) in [7, 11) is 3.09. The molecule has 3 amide bonds. The van der Waals surface area contributed by atoms with Crippen LogP contribution in [0.1, 0.15) is 29.7 Å². The second-order valence-electron chi connectivity index (χ2n) is 6.94. The van der Waals surface area contributed by atoms with Gasteiger partial charge in [-0.05, 0) is 61.7 Å². The summed E-state index contributed by atoms with van der Waals surface area (Å²) in [6.07, 6.45) is 0. The fourth-order valence-corrected chi connectivity index (χ4v) is 3.29. The quantitative estimate of drug-likeness (QED) is 0.722. The molecule has 2 aromatic rings. The van der Waals surface area contributed by atoms with Crippen molar-refractivity contribution in [2.75, 3.05) is 19.5 Å². The van der Waals surface area contributed by atoms with Crippen LogP contribution in [-0.4, -0.2) is 26.2 Å². The smallest absolute Gasteiger partial charge is 0.319 e. The number of benzene rings is 2. The van der Waals surface area contributed by atoms with Crippen molar-refractivity contribution in [3.63, 3.8) is 0 Å². The molecule has 7 nitrogen and oxygen atoms in total. The monoisotopic (exact) mass is 395 g/mol. The van der Waals surface area contributed by atoms with Crippen LogP contribution in [0.4, 0.5) is 10.5 Å². The van der Waals surface area contributed by atoms with E-state index in [1.165, 1.54) is 7.11 Å². The largest absolute Gasteiger partial charge is 0.493 e. The first-order chi connectivity index (χ1) is 13.8. The number of anilines is 1. The zero-order chi connectivity index (χ0) is 21.1. The molecular formula is C22H25N3O4. The molecule has 1 unspecified atom stereocenters. The van der Waals surface area contributed by atoms with E-state index in [0.29, 0.717) is 34.0 Å². The number of hydrogen-bond donors (Lipinski definition) is 3. The molecule has 1 atom stereocenters. The number of hydrogen-bond acceptors (Lipinski definition) is 4. The molecule has 7 heteroatoms. The van der Waals surface area contributed by atoms with Crippen LogP contribution in [0, 0.1) is 13.8 Å². The van der Waals surface area contributed by atoms with E-state index < -0.39 is 6.04 Å². The van der Waals surface area contributed by atoms with E-state index >= 15 is 0 Å². The number of carbonyl (C=O) groups is 2. The van der Waals surface area contributed by atoms with Crippen molar-refractivity contribution in [2.45, 2.75) is 26.8 Å². The van der Waals surface area contributed by atoms with Gasteiger partial charge in [-0.25, -0.2) is 4.79 Å². The van der Waals surface area contributed by atoms with Crippen LogP contribution in [-0.2, 0) is 4.79 Å². The number of amides is 3. The summed E-state index contributed by atoms with van der Waals surface area (Å²) in [5.74, 6) is 0.792. The molecule has 0 aromatic heterocycles. The molecule has 3 rings (SSSR count). The molecule has 3 N–H and O–H groups in total. The van der Waals surface area contributed by atoms with Gasteiger partial charge in [-0.3, -0.25) is 4.79 Å². The first kappa shape index (κ1) is 20.3. The lowest BCUT2D eigenvalue weighted by atomic mass is 9.94. The molecule has 0 saturated carbocycles. The van der Waals surface area contributed by atoms with Gasteiger partial charge in [0.05, 0.1) is 25.8 Å². The molecular weight excluding hydrogens is 370 g/mol. The van der Waals surface area contributed by atoms with E-state index in [2.05, 4.69) is 16.0 Å². The van der Waals surface area contributed by atoms with Crippen molar-refractivity contribution in [1.82, 2.24) is 10.6 Å². The minimum Gasteiger partial charge on any atom is -0.493 e. The standard InChI is InChI=1S/C22H25N3O4/c1-12-6-8-16(10-13(12)2)24-21(26)19-14(3)23-22(27)25-20(19)15-7-9-17(28-4)18(11-15)29-5/h6-11,20H,1-5H3,(H,24,26)(H2,23,25,27). The minimum atomic E-state index is -0.630. The fraction of sp³-hybridized carbons (Fsp3) is 0.273. The summed E-state index contributed by atoms with van der Waals surface area (Å²) in [4.78, 5) is 25.2. The molecule has 0 saturated heterocycles. The number of methoxy groups -OCH3 is 2. The van der Waals surface area contributed by atoms with Crippen molar-refractivity contribution in [3.8, 4) is 11.5 Å². The van der Waals surface area contributed by atoms with Crippen LogP contribution in [0.25, 0.3) is 0 Å². The Labute approximate surface area is 170 Å². The Morgan fingerprint density at radius 1 is 0.966 bits per heavy atom.